The van der Waals surface area contributed by atoms with E-state index < -0.39 is 36.8 Å². The molecule has 0 saturated carbocycles. The van der Waals surface area contributed by atoms with Gasteiger partial charge in [-0.25, -0.2) is 4.39 Å². The van der Waals surface area contributed by atoms with Gasteiger partial charge in [-0.2, -0.15) is 0 Å². The zero-order valence-electron chi connectivity index (χ0n) is 9.47. The van der Waals surface area contributed by atoms with Crippen molar-refractivity contribution in [3.63, 3.8) is 0 Å². The molecular weight excluding hydrogens is 325 g/mol. The molecule has 1 amide bonds. The number of carbonyl (C=O) groups excluding carboxylic acids is 1. The lowest BCUT2D eigenvalue weighted by atomic mass is 10.2. The van der Waals surface area contributed by atoms with Crippen LogP contribution < -0.4 is 0 Å². The van der Waals surface area contributed by atoms with Crippen LogP contribution in [-0.2, 0) is 9.59 Å². The van der Waals surface area contributed by atoms with E-state index in [-0.39, 0.29) is 10.0 Å². The van der Waals surface area contributed by atoms with Crippen LogP contribution in [0.3, 0.4) is 0 Å². The maximum absolute atomic E-state index is 13.1. The third-order valence-electron chi connectivity index (χ3n) is 2.10. The molecule has 0 aromatic heterocycles. The molecule has 0 aliphatic rings. The van der Waals surface area contributed by atoms with Gasteiger partial charge in [0.2, 0.25) is 0 Å². The SMILES string of the molecule is O=C(O)CN(CC(=O)O)C(=O)c1cc(F)ccc1Br. The summed E-state index contributed by atoms with van der Waals surface area (Å²) < 4.78 is 13.3. The van der Waals surface area contributed by atoms with Crippen molar-refractivity contribution in [1.82, 2.24) is 4.90 Å². The van der Waals surface area contributed by atoms with Gasteiger partial charge in [-0.15, -0.1) is 0 Å². The zero-order valence-corrected chi connectivity index (χ0v) is 11.1. The Hall–Kier alpha value is -1.96. The topological polar surface area (TPSA) is 94.9 Å². The Labute approximate surface area is 115 Å². The molecule has 0 spiro atoms. The van der Waals surface area contributed by atoms with Crippen molar-refractivity contribution in [3.8, 4) is 0 Å². The minimum absolute atomic E-state index is 0.137. The fourth-order valence-corrected chi connectivity index (χ4v) is 1.77. The smallest absolute Gasteiger partial charge is 0.323 e. The summed E-state index contributed by atoms with van der Waals surface area (Å²) in [4.78, 5) is 33.8. The summed E-state index contributed by atoms with van der Waals surface area (Å²) in [5.41, 5.74) is -0.137. The summed E-state index contributed by atoms with van der Waals surface area (Å²) in [7, 11) is 0. The first-order valence-electron chi connectivity index (χ1n) is 4.99. The number of rotatable bonds is 5. The lowest BCUT2D eigenvalue weighted by Gasteiger charge is -2.19. The highest BCUT2D eigenvalue weighted by Gasteiger charge is 2.23. The van der Waals surface area contributed by atoms with Crippen LogP contribution in [0, 0.1) is 5.82 Å². The molecule has 1 rings (SSSR count). The van der Waals surface area contributed by atoms with Crippen molar-refractivity contribution in [2.45, 2.75) is 0 Å². The molecule has 1 aromatic carbocycles. The van der Waals surface area contributed by atoms with Crippen molar-refractivity contribution >= 4 is 33.8 Å². The number of halogens is 2. The molecular formula is C11H9BrFNO5. The van der Waals surface area contributed by atoms with Gasteiger partial charge in [0.05, 0.1) is 5.56 Å². The molecule has 6 nitrogen and oxygen atoms in total. The van der Waals surface area contributed by atoms with Crippen LogP contribution in [0.4, 0.5) is 4.39 Å². The predicted molar refractivity (Wildman–Crippen MR) is 65.3 cm³/mol. The molecule has 2 N–H and O–H groups in total. The van der Waals surface area contributed by atoms with Gasteiger partial charge in [0.15, 0.2) is 0 Å². The Morgan fingerprint density at radius 2 is 1.68 bits per heavy atom. The van der Waals surface area contributed by atoms with E-state index in [1.807, 2.05) is 0 Å². The summed E-state index contributed by atoms with van der Waals surface area (Å²) in [6, 6.07) is 3.30. The standard InChI is InChI=1S/C11H9BrFNO5/c12-8-2-1-6(13)3-7(8)11(19)14(4-9(15)16)5-10(17)18/h1-3H,4-5H2,(H,15,16)(H,17,18). The van der Waals surface area contributed by atoms with Gasteiger partial charge in [0.1, 0.15) is 18.9 Å². The molecule has 0 saturated heterocycles. The maximum Gasteiger partial charge on any atom is 0.323 e. The summed E-state index contributed by atoms with van der Waals surface area (Å²) >= 11 is 3.02. The summed E-state index contributed by atoms with van der Waals surface area (Å²) in [6.45, 7) is -1.57. The number of nitrogens with zero attached hydrogens (tertiary/aromatic N) is 1. The number of carboxylic acids is 2. The average molecular weight is 334 g/mol. The monoisotopic (exact) mass is 333 g/mol. The first kappa shape index (κ1) is 15.1. The van der Waals surface area contributed by atoms with Crippen molar-refractivity contribution in [2.24, 2.45) is 0 Å². The highest BCUT2D eigenvalue weighted by molar-refractivity contribution is 9.10. The Balaban J connectivity index is 3.07. The van der Waals surface area contributed by atoms with Crippen LogP contribution in [0.5, 0.6) is 0 Å². The van der Waals surface area contributed by atoms with Gasteiger partial charge in [-0.05, 0) is 34.1 Å². The molecule has 0 aliphatic carbocycles. The Bertz CT molecular complexity index is 518. The van der Waals surface area contributed by atoms with E-state index >= 15 is 0 Å². The van der Waals surface area contributed by atoms with Crippen molar-refractivity contribution in [3.05, 3.63) is 34.1 Å². The fraction of sp³-hybridized carbons (Fsp3) is 0.182. The van der Waals surface area contributed by atoms with Crippen LogP contribution in [0.25, 0.3) is 0 Å². The van der Waals surface area contributed by atoms with E-state index in [2.05, 4.69) is 15.9 Å². The summed E-state index contributed by atoms with van der Waals surface area (Å²) in [6.07, 6.45) is 0. The molecule has 0 unspecified atom stereocenters. The molecule has 8 heteroatoms. The molecule has 102 valence electrons. The lowest BCUT2D eigenvalue weighted by molar-refractivity contribution is -0.140. The molecule has 0 radical (unpaired) electrons. The second-order valence-corrected chi connectivity index (χ2v) is 4.43. The minimum atomic E-state index is -1.36. The Kier molecular flexibility index (Phi) is 4.99. The molecule has 1 aromatic rings. The predicted octanol–water partition coefficient (Wildman–Crippen LogP) is 1.20. The highest BCUT2D eigenvalue weighted by Crippen LogP contribution is 2.19. The normalized spacial score (nSPS) is 10.0. The molecule has 0 fully saturated rings. The average Bonchev–Trinajstić information content (AvgIpc) is 2.29. The molecule has 0 atom stereocenters. The quantitative estimate of drug-likeness (QED) is 0.844. The Morgan fingerprint density at radius 3 is 2.16 bits per heavy atom. The van der Waals surface area contributed by atoms with Gasteiger partial charge >= 0.3 is 11.9 Å². The maximum atomic E-state index is 13.1. The fourth-order valence-electron chi connectivity index (χ4n) is 1.36. The lowest BCUT2D eigenvalue weighted by Crippen LogP contribution is -2.39. The van der Waals surface area contributed by atoms with E-state index in [1.165, 1.54) is 6.07 Å². The van der Waals surface area contributed by atoms with Gasteiger partial charge in [-0.3, -0.25) is 14.4 Å². The molecule has 19 heavy (non-hydrogen) atoms. The summed E-state index contributed by atoms with van der Waals surface area (Å²) in [5.74, 6) is -4.28. The molecule has 0 bridgehead atoms. The number of benzene rings is 1. The number of carboxylic acid groups (broad SMARTS) is 2. The van der Waals surface area contributed by atoms with Gasteiger partial charge in [0, 0.05) is 4.47 Å². The first-order chi connectivity index (χ1) is 8.81. The van der Waals surface area contributed by atoms with Crippen LogP contribution in [-0.4, -0.2) is 46.0 Å². The summed E-state index contributed by atoms with van der Waals surface area (Å²) in [5, 5.41) is 17.3. The highest BCUT2D eigenvalue weighted by atomic mass is 79.9. The van der Waals surface area contributed by atoms with Crippen LogP contribution in [0.1, 0.15) is 10.4 Å². The number of hydrogen-bond donors (Lipinski definition) is 2. The number of hydrogen-bond acceptors (Lipinski definition) is 3. The zero-order chi connectivity index (χ0) is 14.6. The Morgan fingerprint density at radius 1 is 1.16 bits per heavy atom. The number of carbonyl (C=O) groups is 3. The van der Waals surface area contributed by atoms with Crippen LogP contribution in [0.2, 0.25) is 0 Å². The van der Waals surface area contributed by atoms with Crippen LogP contribution in [0.15, 0.2) is 22.7 Å². The minimum Gasteiger partial charge on any atom is -0.480 e. The van der Waals surface area contributed by atoms with E-state index in [9.17, 15) is 18.8 Å². The number of aliphatic carboxylic acids is 2. The van der Waals surface area contributed by atoms with E-state index in [0.717, 1.165) is 12.1 Å². The first-order valence-corrected chi connectivity index (χ1v) is 5.78. The molecule has 0 aliphatic heterocycles. The van der Waals surface area contributed by atoms with Crippen LogP contribution >= 0.6 is 15.9 Å². The van der Waals surface area contributed by atoms with Gasteiger partial charge in [-0.1, -0.05) is 0 Å². The van der Waals surface area contributed by atoms with E-state index in [4.69, 9.17) is 10.2 Å². The third-order valence-corrected chi connectivity index (χ3v) is 2.79. The second-order valence-electron chi connectivity index (χ2n) is 3.57. The van der Waals surface area contributed by atoms with Gasteiger partial charge in [0.25, 0.3) is 5.91 Å². The number of amides is 1. The van der Waals surface area contributed by atoms with Crippen molar-refractivity contribution in [1.29, 1.82) is 0 Å². The largest absolute Gasteiger partial charge is 0.480 e. The molecule has 0 heterocycles. The second kappa shape index (κ2) is 6.28. The van der Waals surface area contributed by atoms with Crippen molar-refractivity contribution in [2.75, 3.05) is 13.1 Å². The van der Waals surface area contributed by atoms with Crippen molar-refractivity contribution < 1.29 is 29.0 Å². The third kappa shape index (κ3) is 4.32. The van der Waals surface area contributed by atoms with E-state index in [0.29, 0.717) is 4.90 Å². The van der Waals surface area contributed by atoms with E-state index in [1.54, 1.807) is 0 Å². The van der Waals surface area contributed by atoms with Gasteiger partial charge < -0.3 is 15.1 Å².